The summed E-state index contributed by atoms with van der Waals surface area (Å²) < 4.78 is 18.5. The SMILES string of the molecule is O=C(O[C@@H]1C2(C[C@H]2OC(=O)c2ccccc2)OC2(CC2)C12CC2)c1ccccc1. The fourth-order valence-electron chi connectivity index (χ4n) is 5.28. The van der Waals surface area contributed by atoms with Crippen LogP contribution >= 0.6 is 0 Å². The molecule has 0 aromatic heterocycles. The molecule has 4 fully saturated rings. The summed E-state index contributed by atoms with van der Waals surface area (Å²) in [7, 11) is 0. The highest BCUT2D eigenvalue weighted by Crippen LogP contribution is 2.79. The maximum absolute atomic E-state index is 12.8. The highest BCUT2D eigenvalue weighted by atomic mass is 16.6. The smallest absolute Gasteiger partial charge is 0.338 e. The first-order valence-corrected chi connectivity index (χ1v) is 10.3. The molecule has 3 spiro atoms. The molecule has 2 aromatic rings. The summed E-state index contributed by atoms with van der Waals surface area (Å²) in [6.45, 7) is 0. The molecule has 0 N–H and O–H groups in total. The van der Waals surface area contributed by atoms with Crippen LogP contribution in [0.5, 0.6) is 0 Å². The Labute approximate surface area is 169 Å². The van der Waals surface area contributed by atoms with Crippen molar-refractivity contribution in [3.05, 3.63) is 71.8 Å². The van der Waals surface area contributed by atoms with Gasteiger partial charge in [-0.1, -0.05) is 36.4 Å². The van der Waals surface area contributed by atoms with Crippen molar-refractivity contribution in [2.45, 2.75) is 55.5 Å². The molecule has 2 aromatic carbocycles. The van der Waals surface area contributed by atoms with E-state index in [0.717, 1.165) is 25.7 Å². The maximum atomic E-state index is 12.8. The van der Waals surface area contributed by atoms with Crippen molar-refractivity contribution in [1.29, 1.82) is 0 Å². The Bertz CT molecular complexity index is 977. The molecule has 29 heavy (non-hydrogen) atoms. The van der Waals surface area contributed by atoms with Crippen molar-refractivity contribution in [2.24, 2.45) is 5.41 Å². The first kappa shape index (κ1) is 17.2. The van der Waals surface area contributed by atoms with E-state index in [-0.39, 0.29) is 35.2 Å². The molecule has 148 valence electrons. The predicted octanol–water partition coefficient (Wildman–Crippen LogP) is 3.92. The highest BCUT2D eigenvalue weighted by molar-refractivity contribution is 5.90. The van der Waals surface area contributed by atoms with Crippen LogP contribution in [-0.2, 0) is 14.2 Å². The lowest BCUT2D eigenvalue weighted by Gasteiger charge is -2.24. The molecule has 5 nitrogen and oxygen atoms in total. The van der Waals surface area contributed by atoms with Gasteiger partial charge in [-0.05, 0) is 49.9 Å². The largest absolute Gasteiger partial charge is 0.455 e. The Kier molecular flexibility index (Phi) is 3.38. The van der Waals surface area contributed by atoms with Crippen molar-refractivity contribution >= 4 is 11.9 Å². The van der Waals surface area contributed by atoms with Gasteiger partial charge in [0.1, 0.15) is 17.8 Å². The quantitative estimate of drug-likeness (QED) is 0.741. The van der Waals surface area contributed by atoms with Gasteiger partial charge in [-0.2, -0.15) is 0 Å². The van der Waals surface area contributed by atoms with E-state index in [1.54, 1.807) is 24.3 Å². The number of benzene rings is 2. The molecule has 1 unspecified atom stereocenters. The average Bonchev–Trinajstić information content (AvgIpc) is 3.64. The summed E-state index contributed by atoms with van der Waals surface area (Å²) in [5.74, 6) is -0.687. The van der Waals surface area contributed by atoms with E-state index < -0.39 is 5.60 Å². The van der Waals surface area contributed by atoms with Crippen LogP contribution in [-0.4, -0.2) is 35.3 Å². The predicted molar refractivity (Wildman–Crippen MR) is 103 cm³/mol. The molecule has 3 atom stereocenters. The van der Waals surface area contributed by atoms with Crippen LogP contribution < -0.4 is 0 Å². The van der Waals surface area contributed by atoms with Gasteiger partial charge in [0.25, 0.3) is 0 Å². The molecule has 3 saturated carbocycles. The molecule has 5 heteroatoms. The van der Waals surface area contributed by atoms with Crippen LogP contribution in [0.4, 0.5) is 0 Å². The molecule has 1 saturated heterocycles. The number of fused-ring (bicyclic) bond motifs is 1. The zero-order valence-electron chi connectivity index (χ0n) is 16.0. The van der Waals surface area contributed by atoms with Gasteiger partial charge in [-0.3, -0.25) is 0 Å². The standard InChI is InChI=1S/C24H22O5/c25-19(16-7-3-1-4-8-16)27-18-15-24(18)21(22(11-12-22)23(29-24)13-14-23)28-20(26)17-9-5-2-6-10-17/h1-10,18,21H,11-15H2/t18-,21+,24?/m1/s1. The fraction of sp³-hybridized carbons (Fsp3) is 0.417. The van der Waals surface area contributed by atoms with Crippen molar-refractivity contribution in [3.63, 3.8) is 0 Å². The minimum atomic E-state index is -0.693. The van der Waals surface area contributed by atoms with Crippen molar-refractivity contribution in [1.82, 2.24) is 0 Å². The lowest BCUT2D eigenvalue weighted by molar-refractivity contribution is -0.0588. The minimum Gasteiger partial charge on any atom is -0.455 e. The molecule has 4 aliphatic rings. The van der Waals surface area contributed by atoms with E-state index >= 15 is 0 Å². The number of hydrogen-bond acceptors (Lipinski definition) is 5. The molecule has 6 rings (SSSR count). The third-order valence-corrected chi connectivity index (χ3v) is 7.11. The van der Waals surface area contributed by atoms with Gasteiger partial charge in [0.15, 0.2) is 0 Å². The number of ether oxygens (including phenoxy) is 3. The number of carbonyl (C=O) groups is 2. The molecule has 0 bridgehead atoms. The molecule has 0 radical (unpaired) electrons. The zero-order valence-corrected chi connectivity index (χ0v) is 16.0. The molecular formula is C24H22O5. The third-order valence-electron chi connectivity index (χ3n) is 7.11. The van der Waals surface area contributed by atoms with Crippen molar-refractivity contribution in [3.8, 4) is 0 Å². The van der Waals surface area contributed by atoms with Gasteiger partial charge in [0.05, 0.1) is 16.7 Å². The molecule has 3 aliphatic carbocycles. The summed E-state index contributed by atoms with van der Waals surface area (Å²) in [5.41, 5.74) is 0.0665. The van der Waals surface area contributed by atoms with Crippen LogP contribution in [0.3, 0.4) is 0 Å². The third kappa shape index (κ3) is 2.43. The number of rotatable bonds is 4. The zero-order chi connectivity index (χ0) is 19.7. The summed E-state index contributed by atoms with van der Waals surface area (Å²) in [6, 6.07) is 18.0. The summed E-state index contributed by atoms with van der Waals surface area (Å²) >= 11 is 0. The Balaban J connectivity index is 1.26. The van der Waals surface area contributed by atoms with Crippen LogP contribution in [0.15, 0.2) is 60.7 Å². The monoisotopic (exact) mass is 390 g/mol. The molecule has 0 amide bonds. The second-order valence-electron chi connectivity index (χ2n) is 8.82. The van der Waals surface area contributed by atoms with Crippen molar-refractivity contribution in [2.75, 3.05) is 0 Å². The topological polar surface area (TPSA) is 61.8 Å². The summed E-state index contributed by atoms with van der Waals surface area (Å²) in [6.07, 6.45) is 3.84. The summed E-state index contributed by atoms with van der Waals surface area (Å²) in [5, 5.41) is 0. The first-order valence-electron chi connectivity index (χ1n) is 10.3. The van der Waals surface area contributed by atoms with E-state index in [1.807, 2.05) is 36.4 Å². The lowest BCUT2D eigenvalue weighted by atomic mass is 9.89. The first-order chi connectivity index (χ1) is 14.1. The van der Waals surface area contributed by atoms with E-state index in [1.165, 1.54) is 0 Å². The summed E-state index contributed by atoms with van der Waals surface area (Å²) in [4.78, 5) is 25.4. The van der Waals surface area contributed by atoms with Gasteiger partial charge >= 0.3 is 11.9 Å². The average molecular weight is 390 g/mol. The van der Waals surface area contributed by atoms with Crippen LogP contribution in [0.1, 0.15) is 52.8 Å². The van der Waals surface area contributed by atoms with Crippen LogP contribution in [0.25, 0.3) is 0 Å². The van der Waals surface area contributed by atoms with Gasteiger partial charge in [0, 0.05) is 11.8 Å². The van der Waals surface area contributed by atoms with E-state index in [4.69, 9.17) is 14.2 Å². The maximum Gasteiger partial charge on any atom is 0.338 e. The normalized spacial score (nSPS) is 31.6. The second-order valence-corrected chi connectivity index (χ2v) is 8.82. The van der Waals surface area contributed by atoms with Gasteiger partial charge in [-0.25, -0.2) is 9.59 Å². The van der Waals surface area contributed by atoms with Gasteiger partial charge in [0.2, 0.25) is 0 Å². The highest BCUT2D eigenvalue weighted by Gasteiger charge is 2.87. The second kappa shape index (κ2) is 5.70. The number of hydrogen-bond donors (Lipinski definition) is 0. The molecule has 1 aliphatic heterocycles. The van der Waals surface area contributed by atoms with Crippen LogP contribution in [0, 0.1) is 5.41 Å². The van der Waals surface area contributed by atoms with Gasteiger partial charge < -0.3 is 14.2 Å². The van der Waals surface area contributed by atoms with Crippen LogP contribution in [0.2, 0.25) is 0 Å². The van der Waals surface area contributed by atoms with Gasteiger partial charge in [-0.15, -0.1) is 0 Å². The number of carbonyl (C=O) groups excluding carboxylic acids is 2. The Hall–Kier alpha value is -2.66. The fourth-order valence-corrected chi connectivity index (χ4v) is 5.28. The molecule has 1 heterocycles. The Morgan fingerprint density at radius 3 is 1.86 bits per heavy atom. The van der Waals surface area contributed by atoms with E-state index in [2.05, 4.69) is 0 Å². The van der Waals surface area contributed by atoms with E-state index in [0.29, 0.717) is 17.5 Å². The Morgan fingerprint density at radius 1 is 0.793 bits per heavy atom. The minimum absolute atomic E-state index is 0.106. The lowest BCUT2D eigenvalue weighted by Crippen LogP contribution is -2.38. The van der Waals surface area contributed by atoms with E-state index in [9.17, 15) is 9.59 Å². The molecular weight excluding hydrogens is 368 g/mol. The number of esters is 2. The van der Waals surface area contributed by atoms with Crippen molar-refractivity contribution < 1.29 is 23.8 Å². The Morgan fingerprint density at radius 2 is 1.34 bits per heavy atom.